The molecule has 26 heavy (non-hydrogen) atoms. The molecule has 0 aliphatic heterocycles. The largest absolute Gasteiger partial charge is 0.490 e. The number of nitrogens with one attached hydrogen (secondary N) is 1. The Labute approximate surface area is 166 Å². The Morgan fingerprint density at radius 2 is 1.85 bits per heavy atom. The fourth-order valence-electron chi connectivity index (χ4n) is 2.44. The van der Waals surface area contributed by atoms with Crippen molar-refractivity contribution in [3.8, 4) is 11.5 Å². The number of rotatable bonds is 10. The predicted octanol–water partition coefficient (Wildman–Crippen LogP) is 4.62. The fraction of sp³-hybridized carbons (Fsp3) is 0.400. The summed E-state index contributed by atoms with van der Waals surface area (Å²) in [6.07, 6.45) is 0. The number of halogens is 2. The molecule has 0 aliphatic carbocycles. The van der Waals surface area contributed by atoms with Gasteiger partial charge in [-0.15, -0.1) is 0 Å². The van der Waals surface area contributed by atoms with Crippen molar-refractivity contribution in [2.24, 2.45) is 0 Å². The first kappa shape index (κ1) is 20.8. The van der Waals surface area contributed by atoms with Gasteiger partial charge in [0, 0.05) is 24.7 Å². The Morgan fingerprint density at radius 1 is 1.04 bits per heavy atom. The van der Waals surface area contributed by atoms with Crippen LogP contribution >= 0.6 is 23.2 Å². The van der Waals surface area contributed by atoms with Gasteiger partial charge < -0.3 is 19.7 Å². The van der Waals surface area contributed by atoms with E-state index in [9.17, 15) is 0 Å². The summed E-state index contributed by atoms with van der Waals surface area (Å²) in [6, 6.07) is 11.5. The molecule has 0 saturated heterocycles. The number of nitrogens with zero attached hydrogens (tertiary/aromatic N) is 1. The molecule has 6 heteroatoms. The molecule has 0 radical (unpaired) electrons. The predicted molar refractivity (Wildman–Crippen MR) is 109 cm³/mol. The van der Waals surface area contributed by atoms with Crippen LogP contribution in [0.15, 0.2) is 36.4 Å². The maximum Gasteiger partial charge on any atom is 0.180 e. The first-order chi connectivity index (χ1) is 12.5. The molecule has 0 amide bonds. The minimum Gasteiger partial charge on any atom is -0.490 e. The molecule has 2 rings (SSSR count). The molecule has 0 fully saturated rings. The van der Waals surface area contributed by atoms with E-state index in [1.807, 2.05) is 43.3 Å². The average Bonchev–Trinajstić information content (AvgIpc) is 2.58. The maximum absolute atomic E-state index is 6.46. The van der Waals surface area contributed by atoms with Crippen molar-refractivity contribution in [1.82, 2.24) is 10.2 Å². The zero-order valence-electron chi connectivity index (χ0n) is 15.5. The summed E-state index contributed by atoms with van der Waals surface area (Å²) >= 11 is 12.5. The number of hydrogen-bond acceptors (Lipinski definition) is 4. The minimum atomic E-state index is 0.376. The van der Waals surface area contributed by atoms with E-state index >= 15 is 0 Å². The normalized spacial score (nSPS) is 11.0. The van der Waals surface area contributed by atoms with E-state index in [2.05, 4.69) is 24.3 Å². The molecular formula is C20H26Cl2N2O2. The van der Waals surface area contributed by atoms with E-state index in [-0.39, 0.29) is 0 Å². The average molecular weight is 397 g/mol. The van der Waals surface area contributed by atoms with E-state index in [0.29, 0.717) is 34.8 Å². The van der Waals surface area contributed by atoms with E-state index in [4.69, 9.17) is 32.7 Å². The van der Waals surface area contributed by atoms with Gasteiger partial charge in [0.25, 0.3) is 0 Å². The van der Waals surface area contributed by atoms with Gasteiger partial charge in [0.15, 0.2) is 11.5 Å². The highest BCUT2D eigenvalue weighted by Crippen LogP contribution is 2.37. The van der Waals surface area contributed by atoms with Crippen molar-refractivity contribution >= 4 is 23.2 Å². The molecular weight excluding hydrogens is 371 g/mol. The maximum atomic E-state index is 6.46. The zero-order chi connectivity index (χ0) is 18.9. The highest BCUT2D eigenvalue weighted by atomic mass is 35.5. The molecule has 0 bridgehead atoms. The lowest BCUT2D eigenvalue weighted by atomic mass is 10.2. The van der Waals surface area contributed by atoms with Crippen LogP contribution in [0.4, 0.5) is 0 Å². The van der Waals surface area contributed by atoms with Gasteiger partial charge in [-0.3, -0.25) is 0 Å². The monoisotopic (exact) mass is 396 g/mol. The lowest BCUT2D eigenvalue weighted by Crippen LogP contribution is -2.26. The number of hydrogen-bond donors (Lipinski definition) is 1. The molecule has 4 nitrogen and oxygen atoms in total. The Morgan fingerprint density at radius 3 is 2.54 bits per heavy atom. The molecule has 2 aromatic rings. The topological polar surface area (TPSA) is 33.7 Å². The van der Waals surface area contributed by atoms with Gasteiger partial charge in [-0.2, -0.15) is 0 Å². The van der Waals surface area contributed by atoms with Crippen molar-refractivity contribution in [2.75, 3.05) is 33.8 Å². The van der Waals surface area contributed by atoms with Gasteiger partial charge in [-0.25, -0.2) is 0 Å². The van der Waals surface area contributed by atoms with Crippen LogP contribution in [0.1, 0.15) is 18.1 Å². The molecule has 0 spiro atoms. The summed E-state index contributed by atoms with van der Waals surface area (Å²) in [4.78, 5) is 2.14. The Balaban J connectivity index is 2.07. The zero-order valence-corrected chi connectivity index (χ0v) is 17.0. The van der Waals surface area contributed by atoms with Gasteiger partial charge >= 0.3 is 0 Å². The van der Waals surface area contributed by atoms with Crippen LogP contribution < -0.4 is 14.8 Å². The second kappa shape index (κ2) is 10.6. The third-order valence-electron chi connectivity index (χ3n) is 3.71. The first-order valence-corrected chi connectivity index (χ1v) is 9.43. The van der Waals surface area contributed by atoms with Crippen molar-refractivity contribution in [3.05, 3.63) is 57.6 Å². The van der Waals surface area contributed by atoms with Crippen molar-refractivity contribution in [1.29, 1.82) is 0 Å². The fourth-order valence-corrected chi connectivity index (χ4v) is 2.94. The Bertz CT molecular complexity index is 708. The van der Waals surface area contributed by atoms with Crippen LogP contribution in [0.2, 0.25) is 10.0 Å². The van der Waals surface area contributed by atoms with Crippen LogP contribution in [-0.2, 0) is 13.2 Å². The third-order valence-corrected chi connectivity index (χ3v) is 4.22. The lowest BCUT2D eigenvalue weighted by Gasteiger charge is -2.16. The second-order valence-corrected chi connectivity index (χ2v) is 7.08. The second-order valence-electron chi connectivity index (χ2n) is 6.24. The van der Waals surface area contributed by atoms with E-state index in [1.54, 1.807) is 0 Å². The molecule has 0 aromatic heterocycles. The third kappa shape index (κ3) is 6.69. The molecule has 0 unspecified atom stereocenters. The van der Waals surface area contributed by atoms with Gasteiger partial charge in [-0.05, 0) is 56.4 Å². The minimum absolute atomic E-state index is 0.376. The lowest BCUT2D eigenvalue weighted by molar-refractivity contribution is 0.269. The van der Waals surface area contributed by atoms with E-state index in [1.165, 1.54) is 0 Å². The summed E-state index contributed by atoms with van der Waals surface area (Å²) in [7, 11) is 4.11. The van der Waals surface area contributed by atoms with Crippen LogP contribution in [0.3, 0.4) is 0 Å². The molecule has 2 aromatic carbocycles. The van der Waals surface area contributed by atoms with E-state index < -0.39 is 0 Å². The van der Waals surface area contributed by atoms with Crippen LogP contribution in [-0.4, -0.2) is 38.7 Å². The Kier molecular flexibility index (Phi) is 8.52. The van der Waals surface area contributed by atoms with E-state index in [0.717, 1.165) is 30.8 Å². The number of likely N-dealkylation sites (N-methyl/N-ethyl adjacent to an activating group) is 1. The summed E-state index contributed by atoms with van der Waals surface area (Å²) in [5, 5.41) is 4.63. The van der Waals surface area contributed by atoms with Crippen LogP contribution in [0.25, 0.3) is 0 Å². The Hall–Kier alpha value is -1.46. The highest BCUT2D eigenvalue weighted by Gasteiger charge is 2.13. The first-order valence-electron chi connectivity index (χ1n) is 8.67. The molecule has 0 atom stereocenters. The summed E-state index contributed by atoms with van der Waals surface area (Å²) in [6.45, 7) is 5.47. The van der Waals surface area contributed by atoms with Crippen molar-refractivity contribution in [3.63, 3.8) is 0 Å². The van der Waals surface area contributed by atoms with Gasteiger partial charge in [0.1, 0.15) is 6.61 Å². The SMILES string of the molecule is CCOc1cc(CNCCN(C)C)cc(Cl)c1OCc1cccc(Cl)c1. The van der Waals surface area contributed by atoms with Crippen molar-refractivity contribution < 1.29 is 9.47 Å². The molecule has 1 N–H and O–H groups in total. The molecule has 0 aliphatic rings. The van der Waals surface area contributed by atoms with Gasteiger partial charge in [0.05, 0.1) is 11.6 Å². The van der Waals surface area contributed by atoms with Crippen LogP contribution in [0.5, 0.6) is 11.5 Å². The molecule has 0 heterocycles. The molecule has 0 saturated carbocycles. The smallest absolute Gasteiger partial charge is 0.180 e. The quantitative estimate of drug-likeness (QED) is 0.593. The highest BCUT2D eigenvalue weighted by molar-refractivity contribution is 6.32. The summed E-state index contributed by atoms with van der Waals surface area (Å²) in [5.41, 5.74) is 2.04. The van der Waals surface area contributed by atoms with Crippen LogP contribution in [0, 0.1) is 0 Å². The molecule has 142 valence electrons. The van der Waals surface area contributed by atoms with Crippen molar-refractivity contribution in [2.45, 2.75) is 20.1 Å². The standard InChI is InChI=1S/C20H26Cl2N2O2/c1-4-25-19-12-16(13-23-8-9-24(2)3)11-18(22)20(19)26-14-15-6-5-7-17(21)10-15/h5-7,10-12,23H,4,8-9,13-14H2,1-3H3. The summed E-state index contributed by atoms with van der Waals surface area (Å²) < 4.78 is 11.7. The van der Waals surface area contributed by atoms with Gasteiger partial charge in [0.2, 0.25) is 0 Å². The number of ether oxygens (including phenoxy) is 2. The number of benzene rings is 2. The summed E-state index contributed by atoms with van der Waals surface area (Å²) in [5.74, 6) is 1.22. The van der Waals surface area contributed by atoms with Gasteiger partial charge in [-0.1, -0.05) is 35.3 Å².